The number of nitrogens with one attached hydrogen (secondary N) is 2. The van der Waals surface area contributed by atoms with Crippen LogP contribution in [-0.4, -0.2) is 36.4 Å². The molecule has 1 aromatic heterocycles. The van der Waals surface area contributed by atoms with E-state index >= 15 is 0 Å². The molecule has 1 aliphatic rings. The lowest BCUT2D eigenvalue weighted by atomic mass is 10.2. The molecule has 1 aromatic carbocycles. The highest BCUT2D eigenvalue weighted by atomic mass is 35.5. The van der Waals surface area contributed by atoms with Crippen molar-refractivity contribution < 1.29 is 0 Å². The number of nitrogens with zero attached hydrogens (tertiary/aromatic N) is 2. The van der Waals surface area contributed by atoms with Crippen molar-refractivity contribution in [3.8, 4) is 0 Å². The van der Waals surface area contributed by atoms with E-state index in [0.717, 1.165) is 37.1 Å². The van der Waals surface area contributed by atoms with Crippen LogP contribution in [0.5, 0.6) is 0 Å². The lowest BCUT2D eigenvalue weighted by Gasteiger charge is -2.29. The van der Waals surface area contributed by atoms with Crippen LogP contribution in [0, 0.1) is 0 Å². The predicted molar refractivity (Wildman–Crippen MR) is 80.1 cm³/mol. The molecule has 18 heavy (non-hydrogen) atoms. The molecule has 2 aromatic rings. The van der Waals surface area contributed by atoms with Crippen LogP contribution in [0.3, 0.4) is 0 Å². The van der Waals surface area contributed by atoms with Crippen LogP contribution in [0.2, 0.25) is 0 Å². The van der Waals surface area contributed by atoms with Crippen molar-refractivity contribution in [1.29, 1.82) is 0 Å². The van der Waals surface area contributed by atoms with Crippen molar-refractivity contribution in [2.75, 3.05) is 36.8 Å². The highest BCUT2D eigenvalue weighted by Gasteiger charge is 2.11. The molecule has 4 N–H and O–H groups in total. The highest BCUT2D eigenvalue weighted by Crippen LogP contribution is 2.24. The Morgan fingerprint density at radius 3 is 2.61 bits per heavy atom. The van der Waals surface area contributed by atoms with Crippen molar-refractivity contribution in [3.63, 3.8) is 0 Å². The number of benzene rings is 1. The molecule has 0 atom stereocenters. The van der Waals surface area contributed by atoms with Gasteiger partial charge in [-0.1, -0.05) is 0 Å². The van der Waals surface area contributed by atoms with E-state index in [0.29, 0.717) is 5.82 Å². The molecule has 1 fully saturated rings. The number of fused-ring (bicyclic) bond motifs is 1. The smallest absolute Gasteiger partial charge is 0.153 e. The quantitative estimate of drug-likeness (QED) is 0.742. The molecule has 0 unspecified atom stereocenters. The van der Waals surface area contributed by atoms with E-state index in [1.165, 1.54) is 5.69 Å². The molecule has 7 heteroatoms. The van der Waals surface area contributed by atoms with Gasteiger partial charge >= 0.3 is 0 Å². The van der Waals surface area contributed by atoms with Crippen molar-refractivity contribution in [3.05, 3.63) is 18.2 Å². The van der Waals surface area contributed by atoms with Gasteiger partial charge in [0, 0.05) is 37.3 Å². The van der Waals surface area contributed by atoms with Crippen LogP contribution in [0.4, 0.5) is 11.5 Å². The third-order valence-corrected chi connectivity index (χ3v) is 3.06. The Labute approximate surface area is 118 Å². The Hall–Kier alpha value is -1.17. The molecule has 100 valence electrons. The minimum absolute atomic E-state index is 0. The molecule has 0 amide bonds. The third kappa shape index (κ3) is 2.63. The second kappa shape index (κ2) is 6.13. The van der Waals surface area contributed by atoms with Gasteiger partial charge < -0.3 is 16.0 Å². The van der Waals surface area contributed by atoms with Gasteiger partial charge in [0.05, 0.1) is 5.52 Å². The third-order valence-electron chi connectivity index (χ3n) is 3.06. The van der Waals surface area contributed by atoms with Gasteiger partial charge in [-0.05, 0) is 18.2 Å². The minimum Gasteiger partial charge on any atom is -0.382 e. The normalized spacial score (nSPS) is 15.0. The summed E-state index contributed by atoms with van der Waals surface area (Å²) < 4.78 is 0. The summed E-state index contributed by atoms with van der Waals surface area (Å²) in [7, 11) is 0. The van der Waals surface area contributed by atoms with Crippen molar-refractivity contribution in [2.45, 2.75) is 0 Å². The molecule has 0 radical (unpaired) electrons. The van der Waals surface area contributed by atoms with Crippen molar-refractivity contribution >= 4 is 47.2 Å². The van der Waals surface area contributed by atoms with E-state index in [4.69, 9.17) is 5.73 Å². The van der Waals surface area contributed by atoms with Crippen molar-refractivity contribution in [1.82, 2.24) is 15.5 Å². The maximum Gasteiger partial charge on any atom is 0.153 e. The average Bonchev–Trinajstić information content (AvgIpc) is 2.72. The molecule has 5 nitrogen and oxygen atoms in total. The van der Waals surface area contributed by atoms with E-state index in [1.807, 2.05) is 6.07 Å². The van der Waals surface area contributed by atoms with Crippen molar-refractivity contribution in [2.24, 2.45) is 0 Å². The fraction of sp³-hybridized carbons (Fsp3) is 0.364. The first kappa shape index (κ1) is 14.9. The summed E-state index contributed by atoms with van der Waals surface area (Å²) in [5.41, 5.74) is 7.98. The number of nitrogens with two attached hydrogens (primary N) is 1. The topological polar surface area (TPSA) is 70.0 Å². The molecule has 1 saturated heterocycles. The Kier molecular flexibility index (Phi) is 5.07. The number of H-pyrrole nitrogens is 1. The lowest BCUT2D eigenvalue weighted by Crippen LogP contribution is -2.43. The van der Waals surface area contributed by atoms with E-state index in [-0.39, 0.29) is 24.8 Å². The predicted octanol–water partition coefficient (Wildman–Crippen LogP) is 1.40. The van der Waals surface area contributed by atoms with E-state index in [9.17, 15) is 0 Å². The number of hydrogen-bond acceptors (Lipinski definition) is 4. The number of nitrogen functional groups attached to an aromatic ring is 1. The second-order valence-corrected chi connectivity index (χ2v) is 4.08. The van der Waals surface area contributed by atoms with E-state index in [2.05, 4.69) is 32.5 Å². The van der Waals surface area contributed by atoms with Gasteiger partial charge in [0.15, 0.2) is 5.82 Å². The summed E-state index contributed by atoms with van der Waals surface area (Å²) >= 11 is 0. The summed E-state index contributed by atoms with van der Waals surface area (Å²) in [4.78, 5) is 2.37. The van der Waals surface area contributed by atoms with Gasteiger partial charge in [-0.15, -0.1) is 24.8 Å². The van der Waals surface area contributed by atoms with Crippen LogP contribution in [0.25, 0.3) is 10.9 Å². The fourth-order valence-electron chi connectivity index (χ4n) is 2.15. The molecule has 0 saturated carbocycles. The number of rotatable bonds is 1. The number of halogens is 2. The van der Waals surface area contributed by atoms with E-state index < -0.39 is 0 Å². The van der Waals surface area contributed by atoms with Crippen LogP contribution >= 0.6 is 24.8 Å². The zero-order valence-corrected chi connectivity index (χ0v) is 11.5. The maximum atomic E-state index is 5.74. The molecule has 3 rings (SSSR count). The Balaban J connectivity index is 0.000000810. The largest absolute Gasteiger partial charge is 0.382 e. The summed E-state index contributed by atoms with van der Waals surface area (Å²) in [5, 5.41) is 11.3. The number of aromatic nitrogens is 2. The molecule has 1 aliphatic heterocycles. The van der Waals surface area contributed by atoms with Crippen LogP contribution in [0.15, 0.2) is 18.2 Å². The molecule has 0 aliphatic carbocycles. The monoisotopic (exact) mass is 289 g/mol. The lowest BCUT2D eigenvalue weighted by molar-refractivity contribution is 0.589. The van der Waals surface area contributed by atoms with Gasteiger partial charge in [0.2, 0.25) is 0 Å². The first-order chi connectivity index (χ1) is 7.84. The average molecular weight is 290 g/mol. The minimum atomic E-state index is 0. The SMILES string of the molecule is Cl.Cl.Nc1n[nH]c2cc(N3CCNCC3)ccc12. The molecular formula is C11H17Cl2N5. The molecule has 2 heterocycles. The standard InChI is InChI=1S/C11H15N5.2ClH/c12-11-9-2-1-8(7-10(9)14-15-11)16-5-3-13-4-6-16;;/h1-2,7,13H,3-6H2,(H3,12,14,15);2*1H. The Morgan fingerprint density at radius 1 is 1.17 bits per heavy atom. The summed E-state index contributed by atoms with van der Waals surface area (Å²) in [5.74, 6) is 0.571. The molecule has 0 bridgehead atoms. The highest BCUT2D eigenvalue weighted by molar-refractivity contribution is 5.90. The number of piperazine rings is 1. The second-order valence-electron chi connectivity index (χ2n) is 4.08. The molecular weight excluding hydrogens is 273 g/mol. The van der Waals surface area contributed by atoms with Crippen LogP contribution in [0.1, 0.15) is 0 Å². The fourth-order valence-corrected chi connectivity index (χ4v) is 2.15. The Bertz CT molecular complexity index is 507. The number of hydrogen-bond donors (Lipinski definition) is 3. The first-order valence-corrected chi connectivity index (χ1v) is 5.54. The summed E-state index contributed by atoms with van der Waals surface area (Å²) in [6.07, 6.45) is 0. The zero-order valence-electron chi connectivity index (χ0n) is 9.85. The summed E-state index contributed by atoms with van der Waals surface area (Å²) in [6.45, 7) is 4.19. The van der Waals surface area contributed by atoms with Gasteiger partial charge in [-0.3, -0.25) is 5.10 Å². The molecule has 0 spiro atoms. The number of aromatic amines is 1. The number of anilines is 2. The zero-order chi connectivity index (χ0) is 11.0. The van der Waals surface area contributed by atoms with E-state index in [1.54, 1.807) is 0 Å². The van der Waals surface area contributed by atoms with Gasteiger partial charge in [0.25, 0.3) is 0 Å². The van der Waals surface area contributed by atoms with Crippen LogP contribution < -0.4 is 16.0 Å². The Morgan fingerprint density at radius 2 is 1.89 bits per heavy atom. The van der Waals surface area contributed by atoms with Gasteiger partial charge in [0.1, 0.15) is 0 Å². The van der Waals surface area contributed by atoms with Gasteiger partial charge in [-0.2, -0.15) is 5.10 Å². The first-order valence-electron chi connectivity index (χ1n) is 5.54. The van der Waals surface area contributed by atoms with Crippen LogP contribution in [-0.2, 0) is 0 Å². The van der Waals surface area contributed by atoms with Gasteiger partial charge in [-0.25, -0.2) is 0 Å². The maximum absolute atomic E-state index is 5.74. The summed E-state index contributed by atoms with van der Waals surface area (Å²) in [6, 6.07) is 6.26.